The van der Waals surface area contributed by atoms with Crippen LogP contribution >= 0.6 is 11.8 Å². The number of nitrogens with one attached hydrogen (secondary N) is 1. The van der Waals surface area contributed by atoms with Gasteiger partial charge >= 0.3 is 0 Å². The molecule has 0 aliphatic heterocycles. The van der Waals surface area contributed by atoms with Crippen LogP contribution in [0.3, 0.4) is 0 Å². The quantitative estimate of drug-likeness (QED) is 0.703. The number of fused-ring (bicyclic) bond motifs is 1. The lowest BCUT2D eigenvalue weighted by molar-refractivity contribution is -0.118. The molecule has 0 saturated carbocycles. The summed E-state index contributed by atoms with van der Waals surface area (Å²) in [6, 6.07) is 15.8. The second kappa shape index (κ2) is 7.33. The molecule has 2 aromatic carbocycles. The highest BCUT2D eigenvalue weighted by atomic mass is 32.2. The predicted molar refractivity (Wildman–Crippen MR) is 92.6 cm³/mol. The fraction of sp³-hybridized carbons (Fsp3) is 0.222. The van der Waals surface area contributed by atoms with E-state index in [2.05, 4.69) is 29.4 Å². The summed E-state index contributed by atoms with van der Waals surface area (Å²) in [5, 5.41) is 3.46. The largest absolute Gasteiger partial charge is 0.431 e. The number of nitrogens with zero attached hydrogens (tertiary/aromatic N) is 1. The third-order valence-corrected chi connectivity index (χ3v) is 4.41. The molecule has 0 unspecified atom stereocenters. The molecule has 0 aliphatic carbocycles. The fourth-order valence-corrected chi connectivity index (χ4v) is 2.99. The number of amides is 1. The van der Waals surface area contributed by atoms with Crippen LogP contribution in [0.2, 0.25) is 0 Å². The van der Waals surface area contributed by atoms with Gasteiger partial charge in [-0.3, -0.25) is 4.79 Å². The van der Waals surface area contributed by atoms with Crippen molar-refractivity contribution in [1.82, 2.24) is 10.3 Å². The summed E-state index contributed by atoms with van der Waals surface area (Å²) in [6.45, 7) is 2.72. The lowest BCUT2D eigenvalue weighted by Crippen LogP contribution is -2.27. The van der Waals surface area contributed by atoms with Crippen LogP contribution in [0.5, 0.6) is 0 Å². The number of aromatic nitrogens is 1. The van der Waals surface area contributed by atoms with Gasteiger partial charge in [0.15, 0.2) is 5.58 Å². The van der Waals surface area contributed by atoms with Crippen molar-refractivity contribution in [2.45, 2.75) is 18.6 Å². The van der Waals surface area contributed by atoms with Crippen molar-refractivity contribution in [1.29, 1.82) is 0 Å². The molecule has 0 spiro atoms. The van der Waals surface area contributed by atoms with Crippen LogP contribution < -0.4 is 5.32 Å². The Morgan fingerprint density at radius 2 is 1.96 bits per heavy atom. The summed E-state index contributed by atoms with van der Waals surface area (Å²) in [6.07, 6.45) is 0.839. The molecule has 0 bridgehead atoms. The molecule has 0 atom stereocenters. The van der Waals surface area contributed by atoms with Gasteiger partial charge in [-0.05, 0) is 36.6 Å². The van der Waals surface area contributed by atoms with E-state index < -0.39 is 0 Å². The fourth-order valence-electron chi connectivity index (χ4n) is 2.32. The van der Waals surface area contributed by atoms with Crippen LogP contribution in [0, 0.1) is 6.92 Å². The monoisotopic (exact) mass is 326 g/mol. The Kier molecular flexibility index (Phi) is 4.98. The molecule has 118 valence electrons. The number of para-hydroxylation sites is 2. The summed E-state index contributed by atoms with van der Waals surface area (Å²) < 4.78 is 5.58. The summed E-state index contributed by atoms with van der Waals surface area (Å²) >= 11 is 1.31. The zero-order valence-electron chi connectivity index (χ0n) is 12.9. The van der Waals surface area contributed by atoms with Gasteiger partial charge in [-0.25, -0.2) is 4.98 Å². The van der Waals surface area contributed by atoms with Crippen molar-refractivity contribution in [2.75, 3.05) is 12.3 Å². The van der Waals surface area contributed by atoms with Crippen molar-refractivity contribution >= 4 is 28.8 Å². The standard InChI is InChI=1S/C18H18N2O2S/c1-13-6-2-3-7-14(13)10-11-19-17(21)12-23-18-20-15-8-4-5-9-16(15)22-18/h2-9H,10-12H2,1H3,(H,19,21). The number of thioether (sulfide) groups is 1. The highest BCUT2D eigenvalue weighted by Gasteiger charge is 2.08. The molecular weight excluding hydrogens is 308 g/mol. The van der Waals surface area contributed by atoms with Gasteiger partial charge < -0.3 is 9.73 Å². The maximum absolute atomic E-state index is 11.9. The molecule has 3 rings (SSSR count). The number of rotatable bonds is 6. The van der Waals surface area contributed by atoms with Gasteiger partial charge in [0.25, 0.3) is 5.22 Å². The molecule has 0 saturated heterocycles. The molecule has 0 aliphatic rings. The maximum atomic E-state index is 11.9. The number of aryl methyl sites for hydroxylation is 1. The summed E-state index contributed by atoms with van der Waals surface area (Å²) in [7, 11) is 0. The Morgan fingerprint density at radius 1 is 1.17 bits per heavy atom. The molecule has 5 heteroatoms. The van der Waals surface area contributed by atoms with E-state index in [0.717, 1.165) is 17.5 Å². The van der Waals surface area contributed by atoms with Crippen LogP contribution in [0.1, 0.15) is 11.1 Å². The Hall–Kier alpha value is -2.27. The van der Waals surface area contributed by atoms with Crippen LogP contribution in [-0.4, -0.2) is 23.2 Å². The summed E-state index contributed by atoms with van der Waals surface area (Å²) in [5.41, 5.74) is 4.08. The minimum Gasteiger partial charge on any atom is -0.431 e. The van der Waals surface area contributed by atoms with Crippen molar-refractivity contribution in [2.24, 2.45) is 0 Å². The third kappa shape index (κ3) is 4.13. The van der Waals surface area contributed by atoms with E-state index in [9.17, 15) is 4.79 Å². The molecule has 1 N–H and O–H groups in total. The topological polar surface area (TPSA) is 55.1 Å². The molecule has 1 amide bonds. The van der Waals surface area contributed by atoms with Crippen molar-refractivity contribution in [3.05, 3.63) is 59.7 Å². The first-order chi connectivity index (χ1) is 11.2. The van der Waals surface area contributed by atoms with Gasteiger partial charge in [0.1, 0.15) is 5.52 Å². The maximum Gasteiger partial charge on any atom is 0.257 e. The smallest absolute Gasteiger partial charge is 0.257 e. The van der Waals surface area contributed by atoms with Gasteiger partial charge in [-0.15, -0.1) is 0 Å². The molecule has 0 fully saturated rings. The molecule has 3 aromatic rings. The lowest BCUT2D eigenvalue weighted by atomic mass is 10.1. The van der Waals surface area contributed by atoms with E-state index in [1.807, 2.05) is 36.4 Å². The summed E-state index contributed by atoms with van der Waals surface area (Å²) in [4.78, 5) is 16.2. The zero-order chi connectivity index (χ0) is 16.1. The Labute approximate surface area is 139 Å². The van der Waals surface area contributed by atoms with Crippen LogP contribution in [0.15, 0.2) is 58.2 Å². The van der Waals surface area contributed by atoms with E-state index in [0.29, 0.717) is 17.5 Å². The second-order valence-electron chi connectivity index (χ2n) is 5.26. The van der Waals surface area contributed by atoms with Crippen LogP contribution in [0.4, 0.5) is 0 Å². The number of oxazole rings is 1. The predicted octanol–water partition coefficient (Wildman–Crippen LogP) is 3.59. The number of carbonyl (C=O) groups excluding carboxylic acids is 1. The number of hydrogen-bond acceptors (Lipinski definition) is 4. The van der Waals surface area contributed by atoms with Gasteiger partial charge in [-0.2, -0.15) is 0 Å². The number of carbonyl (C=O) groups is 1. The molecule has 4 nitrogen and oxygen atoms in total. The average molecular weight is 326 g/mol. The minimum atomic E-state index is -0.00848. The van der Waals surface area contributed by atoms with E-state index in [1.54, 1.807) is 0 Å². The van der Waals surface area contributed by atoms with Crippen molar-refractivity contribution in [3.63, 3.8) is 0 Å². The number of hydrogen-bond donors (Lipinski definition) is 1. The minimum absolute atomic E-state index is 0.00848. The first-order valence-corrected chi connectivity index (χ1v) is 8.50. The molecule has 1 heterocycles. The van der Waals surface area contributed by atoms with Gasteiger partial charge in [0.05, 0.1) is 5.75 Å². The van der Waals surface area contributed by atoms with Crippen LogP contribution in [-0.2, 0) is 11.2 Å². The first kappa shape index (κ1) is 15.6. The van der Waals surface area contributed by atoms with E-state index >= 15 is 0 Å². The van der Waals surface area contributed by atoms with Crippen molar-refractivity contribution in [3.8, 4) is 0 Å². The van der Waals surface area contributed by atoms with E-state index in [1.165, 1.54) is 22.9 Å². The third-order valence-electron chi connectivity index (χ3n) is 3.58. The van der Waals surface area contributed by atoms with E-state index in [4.69, 9.17) is 4.42 Å². The SMILES string of the molecule is Cc1ccccc1CCNC(=O)CSc1nc2ccccc2o1. The second-order valence-corrected chi connectivity index (χ2v) is 6.19. The lowest BCUT2D eigenvalue weighted by Gasteiger charge is -2.06. The Balaban J connectivity index is 1.45. The molecular formula is C18H18N2O2S. The Bertz CT molecular complexity index is 780. The Morgan fingerprint density at radius 3 is 2.78 bits per heavy atom. The van der Waals surface area contributed by atoms with Gasteiger partial charge in [-0.1, -0.05) is 48.2 Å². The average Bonchev–Trinajstić information content (AvgIpc) is 2.98. The molecule has 23 heavy (non-hydrogen) atoms. The van der Waals surface area contributed by atoms with Gasteiger partial charge in [0, 0.05) is 6.54 Å². The number of benzene rings is 2. The highest BCUT2D eigenvalue weighted by molar-refractivity contribution is 7.99. The van der Waals surface area contributed by atoms with Crippen molar-refractivity contribution < 1.29 is 9.21 Å². The molecule has 0 radical (unpaired) electrons. The normalized spacial score (nSPS) is 10.8. The summed E-state index contributed by atoms with van der Waals surface area (Å²) in [5.74, 6) is 0.298. The zero-order valence-corrected chi connectivity index (χ0v) is 13.7. The highest BCUT2D eigenvalue weighted by Crippen LogP contribution is 2.22. The van der Waals surface area contributed by atoms with Gasteiger partial charge in [0.2, 0.25) is 5.91 Å². The van der Waals surface area contributed by atoms with E-state index in [-0.39, 0.29) is 5.91 Å². The van der Waals surface area contributed by atoms with Crippen LogP contribution in [0.25, 0.3) is 11.1 Å². The molecule has 1 aromatic heterocycles. The first-order valence-electron chi connectivity index (χ1n) is 7.52.